The van der Waals surface area contributed by atoms with Gasteiger partial charge in [0.05, 0.1) is 0 Å². The van der Waals surface area contributed by atoms with Gasteiger partial charge < -0.3 is 10.4 Å². The van der Waals surface area contributed by atoms with Gasteiger partial charge >= 0.3 is 5.97 Å². The first-order valence-electron chi connectivity index (χ1n) is 5.22. The van der Waals surface area contributed by atoms with Crippen LogP contribution in [0.3, 0.4) is 0 Å². The van der Waals surface area contributed by atoms with Crippen molar-refractivity contribution >= 4 is 11.7 Å². The molecular weight excluding hydrogens is 202 g/mol. The molecule has 0 saturated carbocycles. The largest absolute Gasteiger partial charge is 0.478 e. The molecular formula is C13H17NO2. The number of hydrogen-bond acceptors (Lipinski definition) is 2. The van der Waals surface area contributed by atoms with E-state index in [0.717, 1.165) is 5.69 Å². The molecule has 1 aromatic rings. The van der Waals surface area contributed by atoms with Crippen LogP contribution in [0.5, 0.6) is 0 Å². The lowest BCUT2D eigenvalue weighted by Gasteiger charge is -2.10. The van der Waals surface area contributed by atoms with Crippen LogP contribution in [0.25, 0.3) is 0 Å². The quantitative estimate of drug-likeness (QED) is 0.765. The smallest absolute Gasteiger partial charge is 0.331 e. The van der Waals surface area contributed by atoms with E-state index in [1.807, 2.05) is 32.0 Å². The summed E-state index contributed by atoms with van der Waals surface area (Å²) < 4.78 is 0. The molecule has 3 nitrogen and oxygen atoms in total. The number of aryl methyl sites for hydroxylation is 2. The van der Waals surface area contributed by atoms with E-state index in [9.17, 15) is 4.79 Å². The van der Waals surface area contributed by atoms with Gasteiger partial charge in [0.2, 0.25) is 0 Å². The Morgan fingerprint density at radius 1 is 1.38 bits per heavy atom. The van der Waals surface area contributed by atoms with Crippen molar-refractivity contribution < 1.29 is 9.90 Å². The highest BCUT2D eigenvalue weighted by Gasteiger charge is 2.01. The molecule has 0 saturated heterocycles. The zero-order valence-corrected chi connectivity index (χ0v) is 9.87. The molecule has 0 amide bonds. The van der Waals surface area contributed by atoms with Gasteiger partial charge in [0, 0.05) is 17.8 Å². The first-order chi connectivity index (χ1) is 7.52. The van der Waals surface area contributed by atoms with Gasteiger partial charge in [-0.15, -0.1) is 0 Å². The molecule has 0 spiro atoms. The normalized spacial score (nSPS) is 11.3. The maximum Gasteiger partial charge on any atom is 0.331 e. The molecule has 0 atom stereocenters. The molecule has 0 unspecified atom stereocenters. The van der Waals surface area contributed by atoms with Crippen molar-refractivity contribution in [1.29, 1.82) is 0 Å². The molecule has 0 fully saturated rings. The molecule has 0 aliphatic carbocycles. The van der Waals surface area contributed by atoms with Crippen LogP contribution in [0.15, 0.2) is 29.8 Å². The Morgan fingerprint density at radius 3 is 2.44 bits per heavy atom. The number of hydrogen-bond donors (Lipinski definition) is 2. The average Bonchev–Trinajstić information content (AvgIpc) is 2.22. The second kappa shape index (κ2) is 5.35. The molecule has 86 valence electrons. The van der Waals surface area contributed by atoms with Crippen molar-refractivity contribution in [3.8, 4) is 0 Å². The molecule has 0 aromatic heterocycles. The van der Waals surface area contributed by atoms with Crippen molar-refractivity contribution in [2.45, 2.75) is 20.8 Å². The van der Waals surface area contributed by atoms with Gasteiger partial charge in [-0.05, 0) is 31.9 Å². The monoisotopic (exact) mass is 219 g/mol. The Bertz CT molecular complexity index is 402. The van der Waals surface area contributed by atoms with Gasteiger partial charge in [-0.2, -0.15) is 0 Å². The van der Waals surface area contributed by atoms with E-state index in [2.05, 4.69) is 5.32 Å². The number of aliphatic carboxylic acids is 1. The third-order valence-electron chi connectivity index (χ3n) is 2.51. The van der Waals surface area contributed by atoms with Crippen LogP contribution in [0, 0.1) is 13.8 Å². The topological polar surface area (TPSA) is 49.3 Å². The maximum atomic E-state index is 10.6. The van der Waals surface area contributed by atoms with Crippen LogP contribution in [0.1, 0.15) is 18.1 Å². The zero-order chi connectivity index (χ0) is 12.1. The molecule has 0 aliphatic rings. The van der Waals surface area contributed by atoms with Gasteiger partial charge in [-0.25, -0.2) is 4.79 Å². The summed E-state index contributed by atoms with van der Waals surface area (Å²) in [5, 5.41) is 11.9. The lowest BCUT2D eigenvalue weighted by Crippen LogP contribution is -2.05. The first-order valence-corrected chi connectivity index (χ1v) is 5.22. The number of carbonyl (C=O) groups is 1. The van der Waals surface area contributed by atoms with Crippen LogP contribution in [0.2, 0.25) is 0 Å². The molecule has 1 aromatic carbocycles. The summed E-state index contributed by atoms with van der Waals surface area (Å²) in [5.74, 6) is -0.872. The second-order valence-electron chi connectivity index (χ2n) is 3.84. The predicted molar refractivity (Wildman–Crippen MR) is 65.8 cm³/mol. The molecule has 1 rings (SSSR count). The van der Waals surface area contributed by atoms with Gasteiger partial charge in [0.25, 0.3) is 0 Å². The van der Waals surface area contributed by atoms with Crippen molar-refractivity contribution in [1.82, 2.24) is 0 Å². The summed E-state index contributed by atoms with van der Waals surface area (Å²) in [6, 6.07) is 6.07. The van der Waals surface area contributed by atoms with Crippen LogP contribution < -0.4 is 5.32 Å². The fourth-order valence-electron chi connectivity index (χ4n) is 1.49. The van der Waals surface area contributed by atoms with Gasteiger partial charge in [-0.3, -0.25) is 0 Å². The Balaban J connectivity index is 2.69. The van der Waals surface area contributed by atoms with Crippen molar-refractivity contribution in [2.75, 3.05) is 11.9 Å². The van der Waals surface area contributed by atoms with E-state index in [0.29, 0.717) is 12.1 Å². The van der Waals surface area contributed by atoms with Gasteiger partial charge in [0.1, 0.15) is 0 Å². The van der Waals surface area contributed by atoms with Crippen LogP contribution in [0.4, 0.5) is 5.69 Å². The van der Waals surface area contributed by atoms with Crippen LogP contribution in [-0.2, 0) is 4.79 Å². The highest BCUT2D eigenvalue weighted by atomic mass is 16.4. The Labute approximate surface area is 95.8 Å². The van der Waals surface area contributed by atoms with Crippen molar-refractivity contribution in [3.63, 3.8) is 0 Å². The fraction of sp³-hybridized carbons (Fsp3) is 0.308. The molecule has 0 heterocycles. The average molecular weight is 219 g/mol. The summed E-state index contributed by atoms with van der Waals surface area (Å²) >= 11 is 0. The minimum absolute atomic E-state index is 0.360. The molecule has 0 bridgehead atoms. The third kappa shape index (κ3) is 3.12. The number of anilines is 1. The van der Waals surface area contributed by atoms with E-state index >= 15 is 0 Å². The molecule has 16 heavy (non-hydrogen) atoms. The number of rotatable bonds is 4. The number of para-hydroxylation sites is 1. The Kier molecular flexibility index (Phi) is 4.11. The van der Waals surface area contributed by atoms with E-state index in [1.165, 1.54) is 11.1 Å². The minimum Gasteiger partial charge on any atom is -0.478 e. The Morgan fingerprint density at radius 2 is 1.94 bits per heavy atom. The van der Waals surface area contributed by atoms with E-state index < -0.39 is 5.97 Å². The predicted octanol–water partition coefficient (Wildman–Crippen LogP) is 2.75. The number of nitrogens with one attached hydrogen (secondary N) is 1. The second-order valence-corrected chi connectivity index (χ2v) is 3.84. The van der Waals surface area contributed by atoms with E-state index in [4.69, 9.17) is 5.11 Å². The summed E-state index contributed by atoms with van der Waals surface area (Å²) in [6.07, 6.45) is 1.67. The van der Waals surface area contributed by atoms with Crippen molar-refractivity contribution in [3.05, 3.63) is 41.0 Å². The molecule has 0 radical (unpaired) electrons. The highest BCUT2D eigenvalue weighted by Crippen LogP contribution is 2.18. The summed E-state index contributed by atoms with van der Waals surface area (Å²) in [6.45, 7) is 6.19. The molecule has 2 N–H and O–H groups in total. The highest BCUT2D eigenvalue weighted by molar-refractivity contribution is 5.85. The summed E-state index contributed by atoms with van der Waals surface area (Å²) in [5.41, 5.74) is 3.78. The van der Waals surface area contributed by atoms with Crippen LogP contribution >= 0.6 is 0 Å². The standard InChI is InChI=1S/C13H17NO2/c1-9-5-4-6-10(2)12(9)14-8-7-11(3)13(15)16/h4-7,14H,8H2,1-3H3,(H,15,16)/b11-7-. The lowest BCUT2D eigenvalue weighted by molar-refractivity contribution is -0.132. The summed E-state index contributed by atoms with van der Waals surface area (Å²) in [7, 11) is 0. The fourth-order valence-corrected chi connectivity index (χ4v) is 1.49. The number of carboxylic acid groups (broad SMARTS) is 1. The number of benzene rings is 1. The third-order valence-corrected chi connectivity index (χ3v) is 2.51. The Hall–Kier alpha value is -1.77. The van der Waals surface area contributed by atoms with Crippen LogP contribution in [-0.4, -0.2) is 17.6 Å². The number of carboxylic acids is 1. The first kappa shape index (κ1) is 12.3. The van der Waals surface area contributed by atoms with Crippen molar-refractivity contribution in [2.24, 2.45) is 0 Å². The van der Waals surface area contributed by atoms with Gasteiger partial charge in [-0.1, -0.05) is 24.3 Å². The van der Waals surface area contributed by atoms with E-state index in [-0.39, 0.29) is 0 Å². The zero-order valence-electron chi connectivity index (χ0n) is 9.87. The van der Waals surface area contributed by atoms with Gasteiger partial charge in [0.15, 0.2) is 0 Å². The molecule has 0 aliphatic heterocycles. The van der Waals surface area contributed by atoms with E-state index in [1.54, 1.807) is 13.0 Å². The summed E-state index contributed by atoms with van der Waals surface area (Å²) in [4.78, 5) is 10.6. The SMILES string of the molecule is C/C(=C/CNc1c(C)cccc1C)C(=O)O. The maximum absolute atomic E-state index is 10.6. The minimum atomic E-state index is -0.872. The lowest BCUT2D eigenvalue weighted by atomic mass is 10.1. The molecule has 3 heteroatoms.